The van der Waals surface area contributed by atoms with E-state index in [0.29, 0.717) is 17.9 Å². The van der Waals surface area contributed by atoms with Crippen molar-refractivity contribution in [1.29, 1.82) is 0 Å². The monoisotopic (exact) mass is 227 g/mol. The first-order valence-electron chi connectivity index (χ1n) is 4.74. The molecule has 1 aromatic rings. The number of nitrogens with zero attached hydrogens (tertiary/aromatic N) is 1. The third-order valence-electron chi connectivity index (χ3n) is 2.41. The second-order valence-corrected chi connectivity index (χ2v) is 5.91. The molecule has 0 aliphatic carbocycles. The van der Waals surface area contributed by atoms with Gasteiger partial charge in [-0.2, -0.15) is 0 Å². The zero-order chi connectivity index (χ0) is 10.9. The standard InChI is InChI=1S/C9H13N3O2S/c10-8-2-1-4-11-9(8)12-7-3-5-15(13,14)6-7/h1-2,4,7H,3,5-6,10H2,(H,11,12). The highest BCUT2D eigenvalue weighted by Crippen LogP contribution is 2.19. The van der Waals surface area contributed by atoms with E-state index >= 15 is 0 Å². The Balaban J connectivity index is 2.08. The Labute approximate surface area is 88.6 Å². The maximum atomic E-state index is 11.2. The molecule has 1 aliphatic rings. The molecular formula is C9H13N3O2S. The zero-order valence-electron chi connectivity index (χ0n) is 8.18. The van der Waals surface area contributed by atoms with Gasteiger partial charge in [0.2, 0.25) is 0 Å². The molecule has 1 aliphatic heterocycles. The quantitative estimate of drug-likeness (QED) is 0.757. The maximum absolute atomic E-state index is 11.2. The number of aromatic nitrogens is 1. The van der Waals surface area contributed by atoms with Crippen LogP contribution in [0.2, 0.25) is 0 Å². The van der Waals surface area contributed by atoms with Crippen LogP contribution in [0.25, 0.3) is 0 Å². The molecule has 0 radical (unpaired) electrons. The average Bonchev–Trinajstić information content (AvgIpc) is 2.50. The van der Waals surface area contributed by atoms with Crippen LogP contribution in [0.4, 0.5) is 11.5 Å². The van der Waals surface area contributed by atoms with Crippen molar-refractivity contribution in [3.05, 3.63) is 18.3 Å². The lowest BCUT2D eigenvalue weighted by Crippen LogP contribution is -2.21. The number of nitrogens with one attached hydrogen (secondary N) is 1. The summed E-state index contributed by atoms with van der Waals surface area (Å²) in [5.41, 5.74) is 6.24. The van der Waals surface area contributed by atoms with Gasteiger partial charge in [0, 0.05) is 12.2 Å². The van der Waals surface area contributed by atoms with Gasteiger partial charge in [-0.3, -0.25) is 0 Å². The number of sulfone groups is 1. The van der Waals surface area contributed by atoms with E-state index in [1.54, 1.807) is 18.3 Å². The predicted molar refractivity (Wildman–Crippen MR) is 59.3 cm³/mol. The minimum absolute atomic E-state index is 0.0628. The summed E-state index contributed by atoms with van der Waals surface area (Å²) in [6.45, 7) is 0. The van der Waals surface area contributed by atoms with E-state index in [2.05, 4.69) is 10.3 Å². The molecule has 5 nitrogen and oxygen atoms in total. The summed E-state index contributed by atoms with van der Waals surface area (Å²) >= 11 is 0. The third-order valence-corrected chi connectivity index (χ3v) is 4.18. The van der Waals surface area contributed by atoms with Crippen LogP contribution in [0.15, 0.2) is 18.3 Å². The normalized spacial score (nSPS) is 23.9. The third kappa shape index (κ3) is 2.38. The SMILES string of the molecule is Nc1cccnc1NC1CCS(=O)(=O)C1. The number of pyridine rings is 1. The first-order valence-corrected chi connectivity index (χ1v) is 6.56. The average molecular weight is 227 g/mol. The summed E-state index contributed by atoms with van der Waals surface area (Å²) in [4.78, 5) is 4.06. The number of nitrogen functional groups attached to an aromatic ring is 1. The summed E-state index contributed by atoms with van der Waals surface area (Å²) in [5, 5.41) is 3.05. The van der Waals surface area contributed by atoms with Crippen LogP contribution < -0.4 is 11.1 Å². The molecule has 0 spiro atoms. The van der Waals surface area contributed by atoms with E-state index in [4.69, 9.17) is 5.73 Å². The van der Waals surface area contributed by atoms with Gasteiger partial charge in [0.15, 0.2) is 9.84 Å². The van der Waals surface area contributed by atoms with Gasteiger partial charge in [-0.15, -0.1) is 0 Å². The molecule has 6 heteroatoms. The van der Waals surface area contributed by atoms with E-state index in [-0.39, 0.29) is 17.5 Å². The molecule has 3 N–H and O–H groups in total. The lowest BCUT2D eigenvalue weighted by atomic mass is 10.2. The topological polar surface area (TPSA) is 85.1 Å². The Morgan fingerprint density at radius 2 is 2.33 bits per heavy atom. The summed E-state index contributed by atoms with van der Waals surface area (Å²) in [6.07, 6.45) is 2.25. The van der Waals surface area contributed by atoms with Gasteiger partial charge in [0.05, 0.1) is 17.2 Å². The molecule has 1 saturated heterocycles. The molecular weight excluding hydrogens is 214 g/mol. The Morgan fingerprint density at radius 3 is 2.93 bits per heavy atom. The van der Waals surface area contributed by atoms with Crippen molar-refractivity contribution in [3.8, 4) is 0 Å². The van der Waals surface area contributed by atoms with Crippen molar-refractivity contribution in [2.75, 3.05) is 22.6 Å². The van der Waals surface area contributed by atoms with Gasteiger partial charge in [-0.1, -0.05) is 0 Å². The first-order chi connectivity index (χ1) is 7.07. The largest absolute Gasteiger partial charge is 0.396 e. The Hall–Kier alpha value is -1.30. The van der Waals surface area contributed by atoms with E-state index in [0.717, 1.165) is 0 Å². The van der Waals surface area contributed by atoms with Crippen molar-refractivity contribution in [1.82, 2.24) is 4.98 Å². The number of hydrogen-bond donors (Lipinski definition) is 2. The van der Waals surface area contributed by atoms with Crippen molar-refractivity contribution in [2.45, 2.75) is 12.5 Å². The fourth-order valence-electron chi connectivity index (χ4n) is 1.64. The molecule has 0 amide bonds. The van der Waals surface area contributed by atoms with Gasteiger partial charge in [0.25, 0.3) is 0 Å². The fourth-order valence-corrected chi connectivity index (χ4v) is 3.31. The van der Waals surface area contributed by atoms with Crippen LogP contribution in [0.1, 0.15) is 6.42 Å². The molecule has 1 fully saturated rings. The number of rotatable bonds is 2. The van der Waals surface area contributed by atoms with E-state index in [1.165, 1.54) is 0 Å². The Kier molecular flexibility index (Phi) is 2.52. The highest BCUT2D eigenvalue weighted by molar-refractivity contribution is 7.91. The minimum atomic E-state index is -2.86. The van der Waals surface area contributed by atoms with Crippen molar-refractivity contribution >= 4 is 21.3 Å². The lowest BCUT2D eigenvalue weighted by Gasteiger charge is -2.12. The highest BCUT2D eigenvalue weighted by atomic mass is 32.2. The lowest BCUT2D eigenvalue weighted by molar-refractivity contribution is 0.602. The summed E-state index contributed by atoms with van der Waals surface area (Å²) in [7, 11) is -2.86. The smallest absolute Gasteiger partial charge is 0.152 e. The van der Waals surface area contributed by atoms with Crippen molar-refractivity contribution in [2.24, 2.45) is 0 Å². The number of nitrogens with two attached hydrogens (primary N) is 1. The minimum Gasteiger partial charge on any atom is -0.396 e. The van der Waals surface area contributed by atoms with Crippen LogP contribution in [0.3, 0.4) is 0 Å². The summed E-state index contributed by atoms with van der Waals surface area (Å²) in [5.74, 6) is 0.986. The number of anilines is 2. The van der Waals surface area contributed by atoms with Gasteiger partial charge < -0.3 is 11.1 Å². The van der Waals surface area contributed by atoms with E-state index in [9.17, 15) is 8.42 Å². The molecule has 0 bridgehead atoms. The second kappa shape index (κ2) is 3.69. The molecule has 15 heavy (non-hydrogen) atoms. The molecule has 1 aromatic heterocycles. The van der Waals surface area contributed by atoms with Gasteiger partial charge in [0.1, 0.15) is 5.82 Å². The van der Waals surface area contributed by atoms with Crippen LogP contribution in [0, 0.1) is 0 Å². The van der Waals surface area contributed by atoms with Crippen LogP contribution in [0.5, 0.6) is 0 Å². The Morgan fingerprint density at radius 1 is 1.53 bits per heavy atom. The Bertz CT molecular complexity index is 458. The second-order valence-electron chi connectivity index (χ2n) is 3.69. The zero-order valence-corrected chi connectivity index (χ0v) is 9.00. The summed E-state index contributed by atoms with van der Waals surface area (Å²) < 4.78 is 22.4. The fraction of sp³-hybridized carbons (Fsp3) is 0.444. The summed E-state index contributed by atoms with van der Waals surface area (Å²) in [6, 6.07) is 3.41. The van der Waals surface area contributed by atoms with Crippen molar-refractivity contribution < 1.29 is 8.42 Å². The first kappa shape index (κ1) is 10.2. The van der Waals surface area contributed by atoms with Crippen LogP contribution in [-0.2, 0) is 9.84 Å². The van der Waals surface area contributed by atoms with Crippen molar-refractivity contribution in [3.63, 3.8) is 0 Å². The van der Waals surface area contributed by atoms with Gasteiger partial charge in [-0.05, 0) is 18.6 Å². The predicted octanol–water partition coefficient (Wildman–Crippen LogP) is 0.263. The molecule has 2 heterocycles. The van der Waals surface area contributed by atoms with Crippen LogP contribution in [-0.4, -0.2) is 30.9 Å². The molecule has 1 unspecified atom stereocenters. The molecule has 2 rings (SSSR count). The van der Waals surface area contributed by atoms with E-state index < -0.39 is 9.84 Å². The maximum Gasteiger partial charge on any atom is 0.152 e. The molecule has 0 saturated carbocycles. The van der Waals surface area contributed by atoms with Gasteiger partial charge >= 0.3 is 0 Å². The van der Waals surface area contributed by atoms with E-state index in [1.807, 2.05) is 0 Å². The van der Waals surface area contributed by atoms with Gasteiger partial charge in [-0.25, -0.2) is 13.4 Å². The number of hydrogen-bond acceptors (Lipinski definition) is 5. The molecule has 82 valence electrons. The van der Waals surface area contributed by atoms with Crippen LogP contribution >= 0.6 is 0 Å². The molecule has 1 atom stereocenters. The highest BCUT2D eigenvalue weighted by Gasteiger charge is 2.28. The molecule has 0 aromatic carbocycles.